The SMILES string of the molecule is COC(=O)C(C)(C)[C@@H]1C=C[C@@]2(C=O)[C@@H](O)CC(C)=C[C@H]2C1. The van der Waals surface area contributed by atoms with Crippen molar-refractivity contribution < 1.29 is 19.4 Å². The molecule has 0 spiro atoms. The van der Waals surface area contributed by atoms with Crippen molar-refractivity contribution in [1.82, 2.24) is 0 Å². The van der Waals surface area contributed by atoms with Crippen LogP contribution in [0.3, 0.4) is 0 Å². The maximum atomic E-state index is 12.0. The Morgan fingerprint density at radius 2 is 2.19 bits per heavy atom. The van der Waals surface area contributed by atoms with Crippen molar-refractivity contribution in [3.8, 4) is 0 Å². The fourth-order valence-electron chi connectivity index (χ4n) is 3.58. The number of allylic oxidation sites excluding steroid dienone is 2. The van der Waals surface area contributed by atoms with Gasteiger partial charge in [0.05, 0.1) is 24.0 Å². The first kappa shape index (κ1) is 16.0. The van der Waals surface area contributed by atoms with Crippen LogP contribution in [0.2, 0.25) is 0 Å². The zero-order valence-corrected chi connectivity index (χ0v) is 13.1. The molecule has 0 radical (unpaired) electrons. The molecule has 4 heteroatoms. The lowest BCUT2D eigenvalue weighted by Crippen LogP contribution is -2.48. The molecule has 116 valence electrons. The molecule has 2 rings (SSSR count). The number of aliphatic hydroxyl groups is 1. The Hall–Kier alpha value is -1.42. The van der Waals surface area contributed by atoms with Gasteiger partial charge in [0.1, 0.15) is 6.29 Å². The van der Waals surface area contributed by atoms with Gasteiger partial charge in [-0.2, -0.15) is 0 Å². The Morgan fingerprint density at radius 3 is 2.76 bits per heavy atom. The second-order valence-electron chi connectivity index (χ2n) is 6.87. The highest BCUT2D eigenvalue weighted by Crippen LogP contribution is 2.49. The number of hydrogen-bond acceptors (Lipinski definition) is 4. The summed E-state index contributed by atoms with van der Waals surface area (Å²) in [5.41, 5.74) is -0.401. The lowest BCUT2D eigenvalue weighted by Gasteiger charge is -2.46. The molecular formula is C17H24O4. The summed E-state index contributed by atoms with van der Waals surface area (Å²) >= 11 is 0. The summed E-state index contributed by atoms with van der Waals surface area (Å²) in [6.07, 6.45) is 7.13. The molecular weight excluding hydrogens is 268 g/mol. The van der Waals surface area contributed by atoms with Crippen LogP contribution in [0.15, 0.2) is 23.8 Å². The van der Waals surface area contributed by atoms with Crippen molar-refractivity contribution in [2.45, 2.75) is 39.7 Å². The standard InChI is InChI=1S/C17H24O4/c1-11-7-13-9-12(16(2,3)15(20)21-4)5-6-17(13,10-18)14(19)8-11/h5-7,10,12-14,19H,8-9H2,1-4H3/t12-,13+,14+,17+/m1/s1. The highest BCUT2D eigenvalue weighted by molar-refractivity contribution is 5.77. The van der Waals surface area contributed by atoms with Crippen molar-refractivity contribution in [1.29, 1.82) is 0 Å². The molecule has 4 atom stereocenters. The van der Waals surface area contributed by atoms with Gasteiger partial charge in [0.25, 0.3) is 0 Å². The monoisotopic (exact) mass is 292 g/mol. The fraction of sp³-hybridized carbons (Fsp3) is 0.647. The second kappa shape index (κ2) is 5.41. The Balaban J connectivity index is 2.38. The molecule has 0 aromatic rings. The minimum atomic E-state index is -0.845. The highest BCUT2D eigenvalue weighted by Gasteiger charge is 2.50. The van der Waals surface area contributed by atoms with Crippen molar-refractivity contribution in [2.75, 3.05) is 7.11 Å². The maximum absolute atomic E-state index is 12.0. The molecule has 0 aromatic heterocycles. The molecule has 4 nitrogen and oxygen atoms in total. The van der Waals surface area contributed by atoms with Gasteiger partial charge in [-0.25, -0.2) is 0 Å². The van der Waals surface area contributed by atoms with Crippen LogP contribution in [0.25, 0.3) is 0 Å². The summed E-state index contributed by atoms with van der Waals surface area (Å²) in [6.45, 7) is 5.69. The van der Waals surface area contributed by atoms with Gasteiger partial charge in [0.2, 0.25) is 0 Å². The zero-order valence-electron chi connectivity index (χ0n) is 13.1. The first-order valence-electron chi connectivity index (χ1n) is 7.37. The van der Waals surface area contributed by atoms with Crippen LogP contribution in [0.5, 0.6) is 0 Å². The van der Waals surface area contributed by atoms with Crippen LogP contribution in [0.1, 0.15) is 33.6 Å². The molecule has 0 saturated heterocycles. The van der Waals surface area contributed by atoms with Gasteiger partial charge in [-0.15, -0.1) is 0 Å². The average Bonchev–Trinajstić information content (AvgIpc) is 2.45. The number of rotatable bonds is 3. The van der Waals surface area contributed by atoms with Gasteiger partial charge in [-0.1, -0.05) is 23.8 Å². The lowest BCUT2D eigenvalue weighted by atomic mass is 9.58. The van der Waals surface area contributed by atoms with E-state index >= 15 is 0 Å². The smallest absolute Gasteiger partial charge is 0.311 e. The molecule has 2 aliphatic carbocycles. The van der Waals surface area contributed by atoms with Crippen LogP contribution in [0.4, 0.5) is 0 Å². The fourth-order valence-corrected chi connectivity index (χ4v) is 3.58. The second-order valence-corrected chi connectivity index (χ2v) is 6.87. The van der Waals surface area contributed by atoms with Crippen molar-refractivity contribution in [2.24, 2.45) is 22.7 Å². The molecule has 0 amide bonds. The first-order valence-corrected chi connectivity index (χ1v) is 7.37. The summed E-state index contributed by atoms with van der Waals surface area (Å²) < 4.78 is 4.89. The predicted molar refractivity (Wildman–Crippen MR) is 79.4 cm³/mol. The van der Waals surface area contributed by atoms with E-state index in [2.05, 4.69) is 6.08 Å². The Morgan fingerprint density at radius 1 is 1.52 bits per heavy atom. The number of aliphatic hydroxyl groups excluding tert-OH is 1. The number of fused-ring (bicyclic) bond motifs is 1. The van der Waals surface area contributed by atoms with E-state index in [0.29, 0.717) is 12.8 Å². The Bertz CT molecular complexity index is 503. The average molecular weight is 292 g/mol. The third kappa shape index (κ3) is 2.46. The lowest BCUT2D eigenvalue weighted by molar-refractivity contribution is -0.153. The minimum absolute atomic E-state index is 0.0163. The maximum Gasteiger partial charge on any atom is 0.311 e. The molecule has 0 unspecified atom stereocenters. The van der Waals surface area contributed by atoms with Gasteiger partial charge in [-0.3, -0.25) is 4.79 Å². The van der Waals surface area contributed by atoms with E-state index in [4.69, 9.17) is 4.74 Å². The minimum Gasteiger partial charge on any atom is -0.469 e. The third-order valence-corrected chi connectivity index (χ3v) is 5.19. The van der Waals surface area contributed by atoms with Gasteiger partial charge >= 0.3 is 5.97 Å². The molecule has 0 bridgehead atoms. The van der Waals surface area contributed by atoms with E-state index in [9.17, 15) is 14.7 Å². The molecule has 1 N–H and O–H groups in total. The van der Waals surface area contributed by atoms with Gasteiger partial charge in [0.15, 0.2) is 0 Å². The third-order valence-electron chi connectivity index (χ3n) is 5.19. The van der Waals surface area contributed by atoms with E-state index in [-0.39, 0.29) is 17.8 Å². The van der Waals surface area contributed by atoms with Crippen molar-refractivity contribution in [3.05, 3.63) is 23.8 Å². The summed E-state index contributed by atoms with van der Waals surface area (Å²) in [4.78, 5) is 23.6. The normalized spacial score (nSPS) is 35.7. The number of esters is 1. The number of carbonyl (C=O) groups excluding carboxylic acids is 2. The van der Waals surface area contributed by atoms with Crippen LogP contribution >= 0.6 is 0 Å². The first-order chi connectivity index (χ1) is 9.77. The largest absolute Gasteiger partial charge is 0.469 e. The molecule has 0 heterocycles. The molecule has 0 aliphatic heterocycles. The van der Waals surface area contributed by atoms with Crippen LogP contribution in [-0.4, -0.2) is 30.6 Å². The van der Waals surface area contributed by atoms with Crippen molar-refractivity contribution in [3.63, 3.8) is 0 Å². The summed E-state index contributed by atoms with van der Waals surface area (Å²) in [5, 5.41) is 10.4. The topological polar surface area (TPSA) is 63.6 Å². The predicted octanol–water partition coefficient (Wildman–Crippen LogP) is 2.27. The van der Waals surface area contributed by atoms with Crippen LogP contribution in [0, 0.1) is 22.7 Å². The van der Waals surface area contributed by atoms with E-state index in [1.54, 1.807) is 6.08 Å². The van der Waals surface area contributed by atoms with Gasteiger partial charge in [0, 0.05) is 0 Å². The van der Waals surface area contributed by atoms with Gasteiger partial charge < -0.3 is 14.6 Å². The summed E-state index contributed by atoms with van der Waals surface area (Å²) in [5.74, 6) is -0.345. The highest BCUT2D eigenvalue weighted by atomic mass is 16.5. The molecule has 0 aromatic carbocycles. The number of ether oxygens (including phenoxy) is 1. The summed E-state index contributed by atoms with van der Waals surface area (Å²) in [7, 11) is 1.39. The zero-order chi connectivity index (χ0) is 15.8. The Labute approximate surface area is 125 Å². The quantitative estimate of drug-likeness (QED) is 0.492. The molecule has 21 heavy (non-hydrogen) atoms. The summed E-state index contributed by atoms with van der Waals surface area (Å²) in [6, 6.07) is 0. The number of aldehydes is 1. The molecule has 2 aliphatic rings. The van der Waals surface area contributed by atoms with E-state index in [1.165, 1.54) is 7.11 Å². The Kier molecular flexibility index (Phi) is 4.11. The number of methoxy groups -OCH3 is 1. The van der Waals surface area contributed by atoms with Crippen molar-refractivity contribution >= 4 is 12.3 Å². The van der Waals surface area contributed by atoms with E-state index < -0.39 is 16.9 Å². The molecule has 0 fully saturated rings. The van der Waals surface area contributed by atoms with Crippen LogP contribution in [-0.2, 0) is 14.3 Å². The number of hydrogen-bond donors (Lipinski definition) is 1. The van der Waals surface area contributed by atoms with E-state index in [0.717, 1.165) is 11.9 Å². The van der Waals surface area contributed by atoms with E-state index in [1.807, 2.05) is 26.8 Å². The van der Waals surface area contributed by atoms with Crippen LogP contribution < -0.4 is 0 Å². The molecule has 0 saturated carbocycles. The number of carbonyl (C=O) groups is 2. The van der Waals surface area contributed by atoms with Gasteiger partial charge in [-0.05, 0) is 45.4 Å².